The first-order valence-electron chi connectivity index (χ1n) is 4.42. The van der Waals surface area contributed by atoms with E-state index < -0.39 is 5.97 Å². The molecule has 5 nitrogen and oxygen atoms in total. The summed E-state index contributed by atoms with van der Waals surface area (Å²) in [6.07, 6.45) is 1.26. The fourth-order valence-corrected chi connectivity index (χ4v) is 1.65. The molecule has 0 spiro atoms. The Hall–Kier alpha value is -1.88. The van der Waals surface area contributed by atoms with Crippen LogP contribution < -0.4 is 5.56 Å². The maximum absolute atomic E-state index is 11.4. The number of carbonyl (C=O) groups is 1. The highest BCUT2D eigenvalue weighted by Crippen LogP contribution is 2.21. The smallest absolute Gasteiger partial charge is 0.339 e. The van der Waals surface area contributed by atoms with E-state index in [-0.39, 0.29) is 21.7 Å². The van der Waals surface area contributed by atoms with Crippen molar-refractivity contribution in [1.82, 2.24) is 9.97 Å². The third-order valence-electron chi connectivity index (χ3n) is 2.23. The van der Waals surface area contributed by atoms with Gasteiger partial charge in [0.1, 0.15) is 5.56 Å². The van der Waals surface area contributed by atoms with Crippen molar-refractivity contribution >= 4 is 28.6 Å². The monoisotopic (exact) mass is 238 g/mol. The van der Waals surface area contributed by atoms with Crippen molar-refractivity contribution in [3.63, 3.8) is 0 Å². The van der Waals surface area contributed by atoms with Gasteiger partial charge in [-0.25, -0.2) is 4.79 Å². The van der Waals surface area contributed by atoms with E-state index in [1.54, 1.807) is 6.92 Å². The maximum Gasteiger partial charge on any atom is 0.339 e. The zero-order valence-corrected chi connectivity index (χ0v) is 9.00. The number of carboxylic acids is 1. The van der Waals surface area contributed by atoms with Gasteiger partial charge in [0.2, 0.25) is 0 Å². The molecule has 2 N–H and O–H groups in total. The van der Waals surface area contributed by atoms with Gasteiger partial charge in [-0.2, -0.15) is 0 Å². The number of hydrogen-bond donors (Lipinski definition) is 2. The Morgan fingerprint density at radius 1 is 1.56 bits per heavy atom. The van der Waals surface area contributed by atoms with E-state index >= 15 is 0 Å². The predicted molar refractivity (Wildman–Crippen MR) is 59.1 cm³/mol. The fourth-order valence-electron chi connectivity index (χ4n) is 1.43. The first-order valence-corrected chi connectivity index (χ1v) is 4.80. The highest BCUT2D eigenvalue weighted by molar-refractivity contribution is 6.34. The lowest BCUT2D eigenvalue weighted by atomic mass is 10.1. The van der Waals surface area contributed by atoms with Crippen LogP contribution in [0.3, 0.4) is 0 Å². The molecule has 0 aromatic carbocycles. The SMILES string of the molecule is Cc1cc2ncc(Cl)c(C(=O)O)c2[nH]c1=O. The fraction of sp³-hybridized carbons (Fsp3) is 0.100. The van der Waals surface area contributed by atoms with Crippen molar-refractivity contribution < 1.29 is 9.90 Å². The molecule has 16 heavy (non-hydrogen) atoms. The molecule has 82 valence electrons. The Balaban J connectivity index is 2.98. The molecule has 2 heterocycles. The average Bonchev–Trinajstić information content (AvgIpc) is 2.20. The number of aromatic carboxylic acids is 1. The van der Waals surface area contributed by atoms with Gasteiger partial charge in [-0.05, 0) is 13.0 Å². The van der Waals surface area contributed by atoms with Crippen LogP contribution in [-0.2, 0) is 0 Å². The Labute approximate surface area is 94.7 Å². The van der Waals surface area contributed by atoms with Gasteiger partial charge in [0, 0.05) is 11.8 Å². The van der Waals surface area contributed by atoms with E-state index in [4.69, 9.17) is 16.7 Å². The normalized spacial score (nSPS) is 10.6. The number of nitrogens with one attached hydrogen (secondary N) is 1. The molecule has 0 aliphatic rings. The van der Waals surface area contributed by atoms with Crippen molar-refractivity contribution in [2.75, 3.05) is 0 Å². The lowest BCUT2D eigenvalue weighted by Gasteiger charge is -2.04. The average molecular weight is 239 g/mol. The predicted octanol–water partition coefficient (Wildman–Crippen LogP) is 1.58. The molecule has 0 unspecified atom stereocenters. The van der Waals surface area contributed by atoms with Crippen LogP contribution in [0.4, 0.5) is 0 Å². The molecule has 0 saturated carbocycles. The number of aryl methyl sites for hydroxylation is 1. The highest BCUT2D eigenvalue weighted by atomic mass is 35.5. The van der Waals surface area contributed by atoms with Crippen molar-refractivity contribution in [3.8, 4) is 0 Å². The number of aromatic amines is 1. The van der Waals surface area contributed by atoms with Crippen LogP contribution in [0.2, 0.25) is 5.02 Å². The summed E-state index contributed by atoms with van der Waals surface area (Å²) in [6.45, 7) is 1.62. The largest absolute Gasteiger partial charge is 0.478 e. The first kappa shape index (κ1) is 10.6. The van der Waals surface area contributed by atoms with Crippen LogP contribution in [0.15, 0.2) is 17.1 Å². The van der Waals surface area contributed by atoms with Crippen molar-refractivity contribution in [2.24, 2.45) is 0 Å². The summed E-state index contributed by atoms with van der Waals surface area (Å²) in [5.41, 5.74) is 0.538. The minimum Gasteiger partial charge on any atom is -0.478 e. The molecule has 0 saturated heterocycles. The lowest BCUT2D eigenvalue weighted by Crippen LogP contribution is -2.12. The minimum absolute atomic E-state index is 0.000460. The summed E-state index contributed by atoms with van der Waals surface area (Å²) >= 11 is 5.72. The Kier molecular flexibility index (Phi) is 2.40. The minimum atomic E-state index is -1.20. The molecule has 0 bridgehead atoms. The van der Waals surface area contributed by atoms with E-state index in [1.165, 1.54) is 12.3 Å². The number of nitrogens with zero attached hydrogens (tertiary/aromatic N) is 1. The number of rotatable bonds is 1. The maximum atomic E-state index is 11.4. The van der Waals surface area contributed by atoms with E-state index in [1.807, 2.05) is 0 Å². The van der Waals surface area contributed by atoms with Gasteiger partial charge in [-0.3, -0.25) is 9.78 Å². The van der Waals surface area contributed by atoms with E-state index in [0.29, 0.717) is 11.1 Å². The summed E-state index contributed by atoms with van der Waals surface area (Å²) in [4.78, 5) is 28.8. The number of hydrogen-bond acceptors (Lipinski definition) is 3. The Morgan fingerprint density at radius 2 is 2.25 bits per heavy atom. The summed E-state index contributed by atoms with van der Waals surface area (Å²) in [6, 6.07) is 1.52. The second kappa shape index (κ2) is 3.61. The molecule has 0 radical (unpaired) electrons. The quantitative estimate of drug-likeness (QED) is 0.790. The van der Waals surface area contributed by atoms with Crippen LogP contribution in [0.5, 0.6) is 0 Å². The molecule has 0 aliphatic carbocycles. The number of pyridine rings is 2. The Morgan fingerprint density at radius 3 is 2.88 bits per heavy atom. The van der Waals surface area contributed by atoms with Gasteiger partial charge in [0.05, 0.1) is 16.1 Å². The topological polar surface area (TPSA) is 83.0 Å². The summed E-state index contributed by atoms with van der Waals surface area (Å²) in [5, 5.41) is 8.99. The first-order chi connectivity index (χ1) is 7.50. The zero-order chi connectivity index (χ0) is 11.9. The van der Waals surface area contributed by atoms with Gasteiger partial charge in [0.15, 0.2) is 0 Å². The molecular weight excluding hydrogens is 232 g/mol. The van der Waals surface area contributed by atoms with Gasteiger partial charge in [0.25, 0.3) is 5.56 Å². The molecule has 0 amide bonds. The third kappa shape index (κ3) is 1.55. The molecule has 0 atom stereocenters. The van der Waals surface area contributed by atoms with Crippen LogP contribution in [0, 0.1) is 6.92 Å². The summed E-state index contributed by atoms with van der Waals surface area (Å²) < 4.78 is 0. The van der Waals surface area contributed by atoms with Gasteiger partial charge >= 0.3 is 5.97 Å². The van der Waals surface area contributed by atoms with E-state index in [0.717, 1.165) is 0 Å². The van der Waals surface area contributed by atoms with Gasteiger partial charge in [-0.15, -0.1) is 0 Å². The standard InChI is InChI=1S/C10H7ClN2O3/c1-4-2-6-8(13-9(4)14)7(10(15)16)5(11)3-12-6/h2-3H,1H3,(H,13,14)(H,15,16). The van der Waals surface area contributed by atoms with Crippen molar-refractivity contribution in [1.29, 1.82) is 0 Å². The van der Waals surface area contributed by atoms with Crippen LogP contribution in [0.25, 0.3) is 11.0 Å². The second-order valence-corrected chi connectivity index (χ2v) is 3.74. The third-order valence-corrected chi connectivity index (χ3v) is 2.51. The lowest BCUT2D eigenvalue weighted by molar-refractivity contribution is 0.0699. The van der Waals surface area contributed by atoms with Crippen molar-refractivity contribution in [3.05, 3.63) is 38.8 Å². The number of fused-ring (bicyclic) bond motifs is 1. The molecular formula is C10H7ClN2O3. The summed E-state index contributed by atoms with van der Waals surface area (Å²) in [7, 11) is 0. The van der Waals surface area contributed by atoms with E-state index in [2.05, 4.69) is 9.97 Å². The Bertz CT molecular complexity index is 648. The van der Waals surface area contributed by atoms with Crippen molar-refractivity contribution in [2.45, 2.75) is 6.92 Å². The molecule has 2 rings (SSSR count). The number of halogens is 1. The second-order valence-electron chi connectivity index (χ2n) is 3.33. The molecule has 0 aliphatic heterocycles. The summed E-state index contributed by atoms with van der Waals surface area (Å²) in [5.74, 6) is -1.20. The zero-order valence-electron chi connectivity index (χ0n) is 8.24. The van der Waals surface area contributed by atoms with Crippen LogP contribution >= 0.6 is 11.6 Å². The van der Waals surface area contributed by atoms with E-state index in [9.17, 15) is 9.59 Å². The molecule has 6 heteroatoms. The molecule has 0 fully saturated rings. The molecule has 2 aromatic rings. The molecule has 2 aromatic heterocycles. The number of aromatic nitrogens is 2. The van der Waals surface area contributed by atoms with Gasteiger partial charge < -0.3 is 10.1 Å². The van der Waals surface area contributed by atoms with Gasteiger partial charge in [-0.1, -0.05) is 11.6 Å². The number of carboxylic acid groups (broad SMARTS) is 1. The highest BCUT2D eigenvalue weighted by Gasteiger charge is 2.15. The number of H-pyrrole nitrogens is 1. The van der Waals surface area contributed by atoms with Crippen LogP contribution in [0.1, 0.15) is 15.9 Å². The van der Waals surface area contributed by atoms with Crippen LogP contribution in [-0.4, -0.2) is 21.0 Å².